The predicted molar refractivity (Wildman–Crippen MR) is 126 cm³/mol. The first-order chi connectivity index (χ1) is 15.8. The molecule has 1 amide bonds. The third-order valence-corrected chi connectivity index (χ3v) is 6.18. The number of carbonyl (C=O) groups is 1. The van der Waals surface area contributed by atoms with E-state index in [9.17, 15) is 10.1 Å². The highest BCUT2D eigenvalue weighted by molar-refractivity contribution is 7.99. The molecule has 3 heterocycles. The molecule has 33 heavy (non-hydrogen) atoms. The second-order valence-corrected chi connectivity index (χ2v) is 8.50. The summed E-state index contributed by atoms with van der Waals surface area (Å²) in [5, 5.41) is 17.5. The van der Waals surface area contributed by atoms with Crippen molar-refractivity contribution in [1.82, 2.24) is 24.1 Å². The smallest absolute Gasteiger partial charge is 0.253 e. The summed E-state index contributed by atoms with van der Waals surface area (Å²) >= 11 is 1.22. The van der Waals surface area contributed by atoms with Gasteiger partial charge in [0.25, 0.3) is 5.78 Å². The highest BCUT2D eigenvalue weighted by Gasteiger charge is 2.21. The third-order valence-electron chi connectivity index (χ3n) is 5.34. The summed E-state index contributed by atoms with van der Waals surface area (Å²) in [5.41, 5.74) is 4.72. The number of ether oxygens (including phenoxy) is 1. The zero-order valence-corrected chi connectivity index (χ0v) is 19.8. The molecule has 168 valence electrons. The maximum atomic E-state index is 12.8. The van der Waals surface area contributed by atoms with Gasteiger partial charge in [-0.15, -0.1) is 5.10 Å². The number of nitriles is 1. The molecule has 10 heteroatoms. The van der Waals surface area contributed by atoms with E-state index in [1.54, 1.807) is 11.6 Å². The van der Waals surface area contributed by atoms with Gasteiger partial charge >= 0.3 is 0 Å². The van der Waals surface area contributed by atoms with Crippen molar-refractivity contribution in [3.8, 4) is 17.5 Å². The van der Waals surface area contributed by atoms with Gasteiger partial charge in [-0.05, 0) is 63.6 Å². The Bertz CT molecular complexity index is 1400. The van der Waals surface area contributed by atoms with Crippen LogP contribution < -0.4 is 10.1 Å². The van der Waals surface area contributed by atoms with Gasteiger partial charge in [0.1, 0.15) is 17.6 Å². The minimum absolute atomic E-state index is 0.0890. The SMILES string of the molecule is COc1ccc(-n2c(C)c(C)c(C#N)c2NC(=O)CSc2nc3nc(C)cc(C)n3n2)cc1. The molecule has 4 rings (SSSR count). The minimum atomic E-state index is -0.261. The van der Waals surface area contributed by atoms with Crippen LogP contribution in [0.1, 0.15) is 28.2 Å². The van der Waals surface area contributed by atoms with Crippen LogP contribution in [0.2, 0.25) is 0 Å². The minimum Gasteiger partial charge on any atom is -0.497 e. The Kier molecular flexibility index (Phi) is 6.07. The fourth-order valence-corrected chi connectivity index (χ4v) is 4.24. The number of amides is 1. The Labute approximate surface area is 195 Å². The molecule has 0 unspecified atom stereocenters. The van der Waals surface area contributed by atoms with Gasteiger partial charge in [0.15, 0.2) is 0 Å². The van der Waals surface area contributed by atoms with Gasteiger partial charge in [-0.2, -0.15) is 10.2 Å². The number of aryl methyl sites for hydroxylation is 2. The van der Waals surface area contributed by atoms with E-state index < -0.39 is 0 Å². The lowest BCUT2D eigenvalue weighted by Crippen LogP contribution is -2.17. The number of fused-ring (bicyclic) bond motifs is 1. The van der Waals surface area contributed by atoms with Gasteiger partial charge in [-0.1, -0.05) is 11.8 Å². The summed E-state index contributed by atoms with van der Waals surface area (Å²) < 4.78 is 8.76. The standard InChI is InChI=1S/C23H23N7O2S/c1-13-10-14(2)30-22(25-13)27-23(28-30)33-12-20(31)26-21-19(11-24)15(3)16(4)29(21)17-6-8-18(32-5)9-7-17/h6-10H,12H2,1-5H3,(H,26,31). The Morgan fingerprint density at radius 3 is 2.58 bits per heavy atom. The Balaban J connectivity index is 1.58. The second kappa shape index (κ2) is 8.96. The lowest BCUT2D eigenvalue weighted by molar-refractivity contribution is -0.113. The molecule has 1 aromatic carbocycles. The molecule has 1 N–H and O–H groups in total. The topological polar surface area (TPSA) is 110 Å². The van der Waals surface area contributed by atoms with E-state index in [4.69, 9.17) is 4.74 Å². The number of benzene rings is 1. The monoisotopic (exact) mass is 461 g/mol. The molecule has 4 aromatic rings. The first-order valence-electron chi connectivity index (χ1n) is 10.2. The van der Waals surface area contributed by atoms with Crippen molar-refractivity contribution in [2.45, 2.75) is 32.9 Å². The highest BCUT2D eigenvalue weighted by atomic mass is 32.2. The molecule has 0 atom stereocenters. The number of rotatable bonds is 6. The molecule has 0 aliphatic rings. The predicted octanol–water partition coefficient (Wildman–Crippen LogP) is 3.76. The number of thioether (sulfide) groups is 1. The molecule has 0 saturated carbocycles. The van der Waals surface area contributed by atoms with Crippen LogP contribution in [0.25, 0.3) is 11.5 Å². The van der Waals surface area contributed by atoms with E-state index in [0.717, 1.165) is 34.1 Å². The van der Waals surface area contributed by atoms with Crippen LogP contribution in [-0.4, -0.2) is 42.9 Å². The van der Waals surface area contributed by atoms with E-state index in [1.165, 1.54) is 11.8 Å². The van der Waals surface area contributed by atoms with E-state index in [1.807, 2.05) is 62.6 Å². The maximum Gasteiger partial charge on any atom is 0.253 e. The molecule has 0 aliphatic carbocycles. The molecular formula is C23H23N7O2S. The largest absolute Gasteiger partial charge is 0.497 e. The fourth-order valence-electron chi connectivity index (χ4n) is 3.62. The van der Waals surface area contributed by atoms with Crippen molar-refractivity contribution in [3.63, 3.8) is 0 Å². The summed E-state index contributed by atoms with van der Waals surface area (Å²) in [6, 6.07) is 11.6. The molecule has 0 aliphatic heterocycles. The zero-order valence-electron chi connectivity index (χ0n) is 19.0. The fraction of sp³-hybridized carbons (Fsp3) is 0.261. The number of carbonyl (C=O) groups excluding carboxylic acids is 1. The van der Waals surface area contributed by atoms with Crippen molar-refractivity contribution < 1.29 is 9.53 Å². The van der Waals surface area contributed by atoms with Crippen LogP contribution in [0.5, 0.6) is 5.75 Å². The van der Waals surface area contributed by atoms with Gasteiger partial charge < -0.3 is 10.1 Å². The Morgan fingerprint density at radius 1 is 1.18 bits per heavy atom. The average Bonchev–Trinajstić information content (AvgIpc) is 3.31. The van der Waals surface area contributed by atoms with Crippen molar-refractivity contribution >= 4 is 29.3 Å². The Hall–Kier alpha value is -3.84. The third kappa shape index (κ3) is 4.27. The van der Waals surface area contributed by atoms with E-state index in [-0.39, 0.29) is 11.7 Å². The highest BCUT2D eigenvalue weighted by Crippen LogP contribution is 2.31. The van der Waals surface area contributed by atoms with Gasteiger partial charge in [-0.3, -0.25) is 9.36 Å². The zero-order chi connectivity index (χ0) is 23.7. The van der Waals surface area contributed by atoms with Crippen LogP contribution in [0.15, 0.2) is 35.5 Å². The molecule has 0 spiro atoms. The summed E-state index contributed by atoms with van der Waals surface area (Å²) in [6.07, 6.45) is 0. The van der Waals surface area contributed by atoms with Crippen LogP contribution in [0.3, 0.4) is 0 Å². The van der Waals surface area contributed by atoms with Crippen LogP contribution in [-0.2, 0) is 4.79 Å². The molecule has 0 fully saturated rings. The van der Waals surface area contributed by atoms with E-state index in [0.29, 0.717) is 22.3 Å². The Morgan fingerprint density at radius 2 is 1.91 bits per heavy atom. The van der Waals surface area contributed by atoms with Crippen molar-refractivity contribution in [2.24, 2.45) is 0 Å². The lowest BCUT2D eigenvalue weighted by Gasteiger charge is -2.13. The first kappa shape index (κ1) is 22.4. The van der Waals surface area contributed by atoms with Crippen molar-refractivity contribution in [3.05, 3.63) is 58.5 Å². The molecule has 3 aromatic heterocycles. The van der Waals surface area contributed by atoms with Gasteiger partial charge in [0.2, 0.25) is 11.1 Å². The first-order valence-corrected chi connectivity index (χ1v) is 11.2. The normalized spacial score (nSPS) is 10.9. The number of hydrogen-bond donors (Lipinski definition) is 1. The summed E-state index contributed by atoms with van der Waals surface area (Å²) in [5.74, 6) is 1.50. The summed E-state index contributed by atoms with van der Waals surface area (Å²) in [6.45, 7) is 7.62. The van der Waals surface area contributed by atoms with Crippen molar-refractivity contribution in [2.75, 3.05) is 18.2 Å². The van der Waals surface area contributed by atoms with Crippen LogP contribution in [0.4, 0.5) is 5.82 Å². The van der Waals surface area contributed by atoms with E-state index in [2.05, 4.69) is 26.5 Å². The quantitative estimate of drug-likeness (QED) is 0.435. The number of hydrogen-bond acceptors (Lipinski definition) is 7. The van der Waals surface area contributed by atoms with Gasteiger partial charge in [0, 0.05) is 22.8 Å². The number of anilines is 1. The molecular weight excluding hydrogens is 438 g/mol. The van der Waals surface area contributed by atoms with E-state index >= 15 is 0 Å². The summed E-state index contributed by atoms with van der Waals surface area (Å²) in [4.78, 5) is 21.6. The van der Waals surface area contributed by atoms with Gasteiger partial charge in [-0.25, -0.2) is 9.50 Å². The second-order valence-electron chi connectivity index (χ2n) is 7.56. The summed E-state index contributed by atoms with van der Waals surface area (Å²) in [7, 11) is 1.60. The van der Waals surface area contributed by atoms with Crippen molar-refractivity contribution in [1.29, 1.82) is 5.26 Å². The molecule has 0 bridgehead atoms. The maximum absolute atomic E-state index is 12.8. The molecule has 0 saturated heterocycles. The number of methoxy groups -OCH3 is 1. The number of aromatic nitrogens is 5. The van der Waals surface area contributed by atoms with Crippen LogP contribution in [0, 0.1) is 39.0 Å². The number of nitrogens with one attached hydrogen (secondary N) is 1. The average molecular weight is 462 g/mol. The number of nitrogens with zero attached hydrogens (tertiary/aromatic N) is 6. The lowest BCUT2D eigenvalue weighted by atomic mass is 10.2. The molecule has 0 radical (unpaired) electrons. The van der Waals surface area contributed by atoms with Crippen LogP contribution >= 0.6 is 11.8 Å². The molecule has 9 nitrogen and oxygen atoms in total. The van der Waals surface area contributed by atoms with Gasteiger partial charge in [0.05, 0.1) is 18.4 Å².